The molecule has 0 aliphatic heterocycles. The molecule has 2 rings (SSSR count). The number of hydrogen-bond acceptors (Lipinski definition) is 2. The second kappa shape index (κ2) is 6.91. The van der Waals surface area contributed by atoms with Crippen molar-refractivity contribution in [2.24, 2.45) is 0 Å². The summed E-state index contributed by atoms with van der Waals surface area (Å²) in [4.78, 5) is 8.64. The molecule has 1 aromatic heterocycles. The summed E-state index contributed by atoms with van der Waals surface area (Å²) in [5.41, 5.74) is 6.60. The van der Waals surface area contributed by atoms with Crippen LogP contribution in [0.3, 0.4) is 0 Å². The molecule has 1 heterocycles. The van der Waals surface area contributed by atoms with Crippen LogP contribution in [0.4, 0.5) is 0 Å². The lowest BCUT2D eigenvalue weighted by Gasteiger charge is -2.22. The van der Waals surface area contributed by atoms with Gasteiger partial charge in [-0.2, -0.15) is 0 Å². The molecule has 2 nitrogen and oxygen atoms in total. The predicted molar refractivity (Wildman–Crippen MR) is 97.4 cm³/mol. The van der Waals surface area contributed by atoms with E-state index in [-0.39, 0.29) is 0 Å². The molecule has 0 saturated carbocycles. The second-order valence-electron chi connectivity index (χ2n) is 6.78. The molecular formula is C19H25BrN2. The first-order valence-electron chi connectivity index (χ1n) is 7.96. The van der Waals surface area contributed by atoms with Gasteiger partial charge in [-0.25, -0.2) is 9.97 Å². The average molecular weight is 361 g/mol. The molecule has 1 aromatic carbocycles. The van der Waals surface area contributed by atoms with Crippen molar-refractivity contribution < 1.29 is 0 Å². The third-order valence-corrected chi connectivity index (χ3v) is 4.45. The summed E-state index contributed by atoms with van der Waals surface area (Å²) < 4.78 is 0.632. The maximum Gasteiger partial charge on any atom is 0.196 e. The molecule has 0 radical (unpaired) electrons. The summed E-state index contributed by atoms with van der Waals surface area (Å²) in [5, 5.41) is 0. The Balaban J connectivity index is 2.76. The average Bonchev–Trinajstić information content (AvgIpc) is 2.46. The molecular weight excluding hydrogens is 336 g/mol. The van der Waals surface area contributed by atoms with E-state index >= 15 is 0 Å². The van der Waals surface area contributed by atoms with Gasteiger partial charge in [0.05, 0.1) is 0 Å². The van der Waals surface area contributed by atoms with E-state index in [4.69, 9.17) is 0 Å². The first-order chi connectivity index (χ1) is 10.3. The molecule has 22 heavy (non-hydrogen) atoms. The fourth-order valence-electron chi connectivity index (χ4n) is 2.73. The highest BCUT2D eigenvalue weighted by atomic mass is 79.9. The highest BCUT2D eigenvalue weighted by Gasteiger charge is 2.18. The highest BCUT2D eigenvalue weighted by molar-refractivity contribution is 9.10. The first-order valence-corrected chi connectivity index (χ1v) is 8.76. The largest absolute Gasteiger partial charge is 0.230 e. The van der Waals surface area contributed by atoms with Crippen LogP contribution < -0.4 is 0 Å². The maximum atomic E-state index is 4.32. The van der Waals surface area contributed by atoms with Gasteiger partial charge in [0, 0.05) is 18.0 Å². The molecule has 0 bridgehead atoms. The Kier molecular flexibility index (Phi) is 5.38. The Hall–Kier alpha value is -1.22. The second-order valence-corrected chi connectivity index (χ2v) is 7.49. The molecule has 3 heteroatoms. The molecule has 0 N–H and O–H groups in total. The smallest absolute Gasteiger partial charge is 0.196 e. The minimum absolute atomic E-state index is 0.467. The number of benzene rings is 1. The first kappa shape index (κ1) is 17.1. The van der Waals surface area contributed by atoms with Crippen molar-refractivity contribution in [3.8, 4) is 11.1 Å². The third-order valence-electron chi connectivity index (χ3n) is 4.04. The van der Waals surface area contributed by atoms with Crippen LogP contribution in [0.15, 0.2) is 29.3 Å². The van der Waals surface area contributed by atoms with Gasteiger partial charge in [-0.1, -0.05) is 53.7 Å². The van der Waals surface area contributed by atoms with E-state index in [1.54, 1.807) is 0 Å². The normalized spacial score (nSPS) is 11.7. The lowest BCUT2D eigenvalue weighted by Crippen LogP contribution is -2.04. The number of rotatable bonds is 4. The minimum atomic E-state index is 0.467. The van der Waals surface area contributed by atoms with Gasteiger partial charge in [-0.05, 0) is 55.9 Å². The van der Waals surface area contributed by atoms with Crippen LogP contribution in [0.5, 0.6) is 0 Å². The lowest BCUT2D eigenvalue weighted by molar-refractivity contribution is 0.807. The minimum Gasteiger partial charge on any atom is -0.230 e. The summed E-state index contributed by atoms with van der Waals surface area (Å²) in [7, 11) is 0. The Morgan fingerprint density at radius 1 is 0.773 bits per heavy atom. The Bertz CT molecular complexity index is 614. The van der Waals surface area contributed by atoms with Crippen molar-refractivity contribution in [1.29, 1.82) is 0 Å². The number of halogens is 1. The van der Waals surface area contributed by atoms with E-state index in [1.807, 2.05) is 12.4 Å². The summed E-state index contributed by atoms with van der Waals surface area (Å²) in [5.74, 6) is 1.47. The van der Waals surface area contributed by atoms with Gasteiger partial charge in [-0.15, -0.1) is 0 Å². The van der Waals surface area contributed by atoms with Crippen LogP contribution in [-0.2, 0) is 0 Å². The van der Waals surface area contributed by atoms with Gasteiger partial charge in [0.1, 0.15) is 0 Å². The molecule has 0 unspecified atom stereocenters. The molecule has 118 valence electrons. The van der Waals surface area contributed by atoms with Crippen molar-refractivity contribution in [3.63, 3.8) is 0 Å². The molecule has 0 fully saturated rings. The van der Waals surface area contributed by atoms with E-state index in [9.17, 15) is 0 Å². The van der Waals surface area contributed by atoms with Crippen molar-refractivity contribution in [2.45, 2.75) is 59.3 Å². The fraction of sp³-hybridized carbons (Fsp3) is 0.474. The zero-order chi connectivity index (χ0) is 16.4. The number of nitrogens with zero attached hydrogens (tertiary/aromatic N) is 2. The highest BCUT2D eigenvalue weighted by Crippen LogP contribution is 2.38. The molecule has 0 aliphatic carbocycles. The van der Waals surface area contributed by atoms with E-state index in [0.29, 0.717) is 22.5 Å². The Labute approximate surface area is 142 Å². The molecule has 0 saturated heterocycles. The van der Waals surface area contributed by atoms with E-state index in [2.05, 4.69) is 79.6 Å². The van der Waals surface area contributed by atoms with E-state index in [1.165, 1.54) is 22.3 Å². The van der Waals surface area contributed by atoms with E-state index in [0.717, 1.165) is 5.56 Å². The van der Waals surface area contributed by atoms with Crippen molar-refractivity contribution in [1.82, 2.24) is 9.97 Å². The predicted octanol–water partition coefficient (Wildman–Crippen LogP) is 6.28. The Morgan fingerprint density at radius 2 is 1.23 bits per heavy atom. The van der Waals surface area contributed by atoms with Gasteiger partial charge >= 0.3 is 0 Å². The molecule has 2 aromatic rings. The van der Waals surface area contributed by atoms with Crippen molar-refractivity contribution in [2.75, 3.05) is 0 Å². The monoisotopic (exact) mass is 360 g/mol. The van der Waals surface area contributed by atoms with Crippen LogP contribution in [0.1, 0.15) is 76.0 Å². The summed E-state index contributed by atoms with van der Waals surface area (Å²) in [6.07, 6.45) is 3.83. The van der Waals surface area contributed by atoms with Crippen LogP contribution in [0.25, 0.3) is 11.1 Å². The van der Waals surface area contributed by atoms with Gasteiger partial charge in [0.25, 0.3) is 0 Å². The maximum absolute atomic E-state index is 4.32. The molecule has 0 aliphatic rings. The topological polar surface area (TPSA) is 25.8 Å². The van der Waals surface area contributed by atoms with Crippen molar-refractivity contribution in [3.05, 3.63) is 46.0 Å². The molecule has 0 spiro atoms. The Morgan fingerprint density at radius 3 is 1.59 bits per heavy atom. The third kappa shape index (κ3) is 3.57. The SMILES string of the molecule is CC(C)c1cc(C(C)C)c(-c2cnc(Br)nc2)c(C(C)C)c1. The van der Waals surface area contributed by atoms with Crippen LogP contribution in [0, 0.1) is 0 Å². The number of hydrogen-bond donors (Lipinski definition) is 0. The summed E-state index contributed by atoms with van der Waals surface area (Å²) in [6, 6.07) is 4.72. The van der Waals surface area contributed by atoms with Crippen LogP contribution in [-0.4, -0.2) is 9.97 Å². The van der Waals surface area contributed by atoms with E-state index < -0.39 is 0 Å². The van der Waals surface area contributed by atoms with Gasteiger partial charge in [0.15, 0.2) is 4.73 Å². The number of aromatic nitrogens is 2. The van der Waals surface area contributed by atoms with Gasteiger partial charge in [-0.3, -0.25) is 0 Å². The summed E-state index contributed by atoms with van der Waals surface area (Å²) >= 11 is 3.32. The molecule has 0 amide bonds. The standard InChI is InChI=1S/C19H25BrN2/c1-11(2)14-7-16(12(3)4)18(17(8-14)13(5)6)15-9-21-19(20)22-10-15/h7-13H,1-6H3. The zero-order valence-corrected chi connectivity index (χ0v) is 15.9. The van der Waals surface area contributed by atoms with Crippen molar-refractivity contribution >= 4 is 15.9 Å². The molecule has 0 atom stereocenters. The van der Waals surface area contributed by atoms with Gasteiger partial charge in [0.2, 0.25) is 0 Å². The summed E-state index contributed by atoms with van der Waals surface area (Å²) in [6.45, 7) is 13.5. The quantitative estimate of drug-likeness (QED) is 0.599. The van der Waals surface area contributed by atoms with Gasteiger partial charge < -0.3 is 0 Å². The van der Waals surface area contributed by atoms with Crippen LogP contribution in [0.2, 0.25) is 0 Å². The lowest BCUT2D eigenvalue weighted by atomic mass is 9.82. The zero-order valence-electron chi connectivity index (χ0n) is 14.3. The fourth-order valence-corrected chi connectivity index (χ4v) is 2.94. The van der Waals surface area contributed by atoms with Crippen LogP contribution >= 0.6 is 15.9 Å².